The molecule has 0 saturated carbocycles. The van der Waals surface area contributed by atoms with Gasteiger partial charge < -0.3 is 15.5 Å². The Morgan fingerprint density at radius 3 is 2.48 bits per heavy atom. The highest BCUT2D eigenvalue weighted by Crippen LogP contribution is 2.32. The van der Waals surface area contributed by atoms with Gasteiger partial charge in [0.1, 0.15) is 0 Å². The number of para-hydroxylation sites is 1. The van der Waals surface area contributed by atoms with Crippen molar-refractivity contribution in [3.05, 3.63) is 65.7 Å². The first kappa shape index (κ1) is 14.1. The van der Waals surface area contributed by atoms with Gasteiger partial charge in [-0.1, -0.05) is 48.5 Å². The molecule has 3 nitrogen and oxygen atoms in total. The van der Waals surface area contributed by atoms with Gasteiger partial charge in [0.15, 0.2) is 0 Å². The predicted octanol–water partition coefficient (Wildman–Crippen LogP) is 2.64. The molecule has 110 valence electrons. The average Bonchev–Trinajstić information content (AvgIpc) is 2.55. The highest BCUT2D eigenvalue weighted by molar-refractivity contribution is 5.56. The summed E-state index contributed by atoms with van der Waals surface area (Å²) in [6.07, 6.45) is 0. The summed E-state index contributed by atoms with van der Waals surface area (Å²) >= 11 is 0. The van der Waals surface area contributed by atoms with Gasteiger partial charge in [-0.2, -0.15) is 0 Å². The summed E-state index contributed by atoms with van der Waals surface area (Å²) in [4.78, 5) is 4.91. The maximum atomic E-state index is 5.93. The van der Waals surface area contributed by atoms with Crippen LogP contribution in [0.15, 0.2) is 54.6 Å². The summed E-state index contributed by atoms with van der Waals surface area (Å²) in [7, 11) is 2.20. The molecule has 2 aromatic rings. The molecule has 2 aromatic carbocycles. The number of nitrogens with two attached hydrogens (primary N) is 1. The summed E-state index contributed by atoms with van der Waals surface area (Å²) < 4.78 is 0. The lowest BCUT2D eigenvalue weighted by molar-refractivity contribution is 0.269. The van der Waals surface area contributed by atoms with E-state index in [4.69, 9.17) is 5.73 Å². The van der Waals surface area contributed by atoms with Gasteiger partial charge in [-0.15, -0.1) is 0 Å². The highest BCUT2D eigenvalue weighted by Gasteiger charge is 2.27. The first-order valence-corrected chi connectivity index (χ1v) is 7.57. The predicted molar refractivity (Wildman–Crippen MR) is 88.4 cm³/mol. The zero-order valence-corrected chi connectivity index (χ0v) is 12.6. The second-order valence-electron chi connectivity index (χ2n) is 5.71. The van der Waals surface area contributed by atoms with Crippen LogP contribution in [0.3, 0.4) is 0 Å². The van der Waals surface area contributed by atoms with Crippen molar-refractivity contribution in [2.24, 2.45) is 5.73 Å². The topological polar surface area (TPSA) is 32.5 Å². The van der Waals surface area contributed by atoms with Crippen LogP contribution < -0.4 is 10.6 Å². The second-order valence-corrected chi connectivity index (χ2v) is 5.71. The van der Waals surface area contributed by atoms with E-state index in [1.54, 1.807) is 0 Å². The molecule has 1 unspecified atom stereocenters. The van der Waals surface area contributed by atoms with Gasteiger partial charge >= 0.3 is 0 Å². The zero-order valence-electron chi connectivity index (χ0n) is 12.6. The average molecular weight is 281 g/mol. The Hall–Kier alpha value is -1.84. The third-order valence-electron chi connectivity index (χ3n) is 4.29. The van der Waals surface area contributed by atoms with E-state index in [0.29, 0.717) is 12.6 Å². The molecule has 1 aliphatic rings. The van der Waals surface area contributed by atoms with E-state index in [9.17, 15) is 0 Å². The number of benzene rings is 2. The molecule has 21 heavy (non-hydrogen) atoms. The molecule has 3 heteroatoms. The van der Waals surface area contributed by atoms with Gasteiger partial charge in [-0.05, 0) is 24.2 Å². The molecule has 1 heterocycles. The zero-order chi connectivity index (χ0) is 14.7. The molecule has 0 aromatic heterocycles. The van der Waals surface area contributed by atoms with Crippen molar-refractivity contribution in [1.29, 1.82) is 0 Å². The fraction of sp³-hybridized carbons (Fsp3) is 0.333. The van der Waals surface area contributed by atoms with E-state index in [2.05, 4.69) is 71.4 Å². The first-order valence-electron chi connectivity index (χ1n) is 7.57. The van der Waals surface area contributed by atoms with Crippen LogP contribution in [0.4, 0.5) is 5.69 Å². The minimum Gasteiger partial charge on any atom is -0.362 e. The van der Waals surface area contributed by atoms with Gasteiger partial charge in [-0.25, -0.2) is 0 Å². The number of rotatable bonds is 3. The van der Waals surface area contributed by atoms with E-state index < -0.39 is 0 Å². The minimum absolute atomic E-state index is 0.387. The lowest BCUT2D eigenvalue weighted by Gasteiger charge is -2.42. The molecule has 3 rings (SSSR count). The van der Waals surface area contributed by atoms with Crippen LogP contribution in [0.2, 0.25) is 0 Å². The van der Waals surface area contributed by atoms with Crippen molar-refractivity contribution >= 4 is 5.69 Å². The molecular weight excluding hydrogens is 258 g/mol. The number of hydrogen-bond acceptors (Lipinski definition) is 3. The van der Waals surface area contributed by atoms with Gasteiger partial charge in [0.2, 0.25) is 0 Å². The highest BCUT2D eigenvalue weighted by atomic mass is 15.3. The number of piperazine rings is 1. The summed E-state index contributed by atoms with van der Waals surface area (Å²) in [5.74, 6) is 0. The van der Waals surface area contributed by atoms with Crippen LogP contribution in [0.25, 0.3) is 0 Å². The van der Waals surface area contributed by atoms with Crippen LogP contribution in [0.1, 0.15) is 17.2 Å². The van der Waals surface area contributed by atoms with Crippen molar-refractivity contribution in [3.63, 3.8) is 0 Å². The molecule has 0 aliphatic carbocycles. The largest absolute Gasteiger partial charge is 0.362 e. The van der Waals surface area contributed by atoms with Crippen LogP contribution in [-0.2, 0) is 6.54 Å². The number of nitrogens with zero attached hydrogens (tertiary/aromatic N) is 2. The summed E-state index contributed by atoms with van der Waals surface area (Å²) in [5.41, 5.74) is 9.81. The first-order chi connectivity index (χ1) is 10.3. The van der Waals surface area contributed by atoms with E-state index in [1.165, 1.54) is 16.8 Å². The number of hydrogen-bond donors (Lipinski definition) is 1. The molecule has 0 spiro atoms. The second kappa shape index (κ2) is 6.29. The lowest BCUT2D eigenvalue weighted by atomic mass is 10.0. The summed E-state index contributed by atoms with van der Waals surface area (Å²) in [6, 6.07) is 19.7. The molecule has 2 N–H and O–H groups in total. The Morgan fingerprint density at radius 2 is 1.71 bits per heavy atom. The van der Waals surface area contributed by atoms with Crippen LogP contribution in [-0.4, -0.2) is 31.6 Å². The lowest BCUT2D eigenvalue weighted by Crippen LogP contribution is -2.47. The third kappa shape index (κ3) is 2.94. The van der Waals surface area contributed by atoms with Gasteiger partial charge in [-0.3, -0.25) is 0 Å². The fourth-order valence-electron chi connectivity index (χ4n) is 3.13. The summed E-state index contributed by atoms with van der Waals surface area (Å²) in [5, 5.41) is 0. The Bertz CT molecular complexity index is 582. The van der Waals surface area contributed by atoms with E-state index in [-0.39, 0.29) is 0 Å². The maximum absolute atomic E-state index is 5.93. The molecule has 1 aliphatic heterocycles. The Balaban J connectivity index is 1.98. The van der Waals surface area contributed by atoms with Crippen molar-refractivity contribution in [1.82, 2.24) is 4.90 Å². The molecule has 1 fully saturated rings. The Kier molecular flexibility index (Phi) is 4.23. The van der Waals surface area contributed by atoms with Crippen LogP contribution in [0, 0.1) is 0 Å². The van der Waals surface area contributed by atoms with Gasteiger partial charge in [0.25, 0.3) is 0 Å². The van der Waals surface area contributed by atoms with Crippen LogP contribution >= 0.6 is 0 Å². The standard InChI is InChI=1S/C18H23N3/c1-20-11-12-21(17-10-6-5-9-16(17)13-19)18(14-20)15-7-3-2-4-8-15/h2-10,18H,11-14,19H2,1H3. The quantitative estimate of drug-likeness (QED) is 0.939. The van der Waals surface area contributed by atoms with Crippen molar-refractivity contribution in [2.75, 3.05) is 31.6 Å². The van der Waals surface area contributed by atoms with E-state index in [0.717, 1.165) is 19.6 Å². The minimum atomic E-state index is 0.387. The van der Waals surface area contributed by atoms with Gasteiger partial charge in [0.05, 0.1) is 6.04 Å². The third-order valence-corrected chi connectivity index (χ3v) is 4.29. The van der Waals surface area contributed by atoms with Crippen molar-refractivity contribution in [3.8, 4) is 0 Å². The van der Waals surface area contributed by atoms with E-state index in [1.807, 2.05) is 0 Å². The maximum Gasteiger partial charge on any atom is 0.0670 e. The molecule has 0 bridgehead atoms. The Morgan fingerprint density at radius 1 is 1.00 bits per heavy atom. The number of likely N-dealkylation sites (N-methyl/N-ethyl adjacent to an activating group) is 1. The fourth-order valence-corrected chi connectivity index (χ4v) is 3.13. The van der Waals surface area contributed by atoms with Crippen LogP contribution in [0.5, 0.6) is 0 Å². The molecule has 0 radical (unpaired) electrons. The van der Waals surface area contributed by atoms with Crippen molar-refractivity contribution in [2.45, 2.75) is 12.6 Å². The summed E-state index contributed by atoms with van der Waals surface area (Å²) in [6.45, 7) is 3.75. The monoisotopic (exact) mass is 281 g/mol. The van der Waals surface area contributed by atoms with Gasteiger partial charge in [0, 0.05) is 31.9 Å². The Labute approximate surface area is 127 Å². The van der Waals surface area contributed by atoms with E-state index >= 15 is 0 Å². The number of anilines is 1. The molecule has 0 amide bonds. The SMILES string of the molecule is CN1CCN(c2ccccc2CN)C(c2ccccc2)C1. The molecule has 1 saturated heterocycles. The van der Waals surface area contributed by atoms with Crippen molar-refractivity contribution < 1.29 is 0 Å². The molecular formula is C18H23N3. The normalized spacial score (nSPS) is 19.7. The smallest absolute Gasteiger partial charge is 0.0670 e. The molecule has 1 atom stereocenters.